The Morgan fingerprint density at radius 3 is 1.55 bits per heavy atom. The van der Waals surface area contributed by atoms with Crippen molar-refractivity contribution in [3.05, 3.63) is 10.9 Å². The molecule has 0 saturated carbocycles. The first-order chi connectivity index (χ1) is 4.63. The van der Waals surface area contributed by atoms with Crippen LogP contribution in [0, 0.1) is 0 Å². The Kier molecular flexibility index (Phi) is 3.89. The lowest BCUT2D eigenvalue weighted by Crippen LogP contribution is -2.23. The molecule has 0 aliphatic rings. The van der Waals surface area contributed by atoms with E-state index in [9.17, 15) is 0 Å². The minimum absolute atomic E-state index is 1.31. The van der Waals surface area contributed by atoms with Crippen LogP contribution in [-0.2, 0) is 0 Å². The van der Waals surface area contributed by atoms with E-state index < -0.39 is 14.8 Å². The van der Waals surface area contributed by atoms with Crippen LogP contribution in [0.15, 0.2) is 10.9 Å². The summed E-state index contributed by atoms with van der Waals surface area (Å²) in [5, 5.41) is 1.31. The minimum atomic E-state index is -1.59. The van der Waals surface area contributed by atoms with Crippen LogP contribution in [-0.4, -0.2) is 14.8 Å². The van der Waals surface area contributed by atoms with Crippen molar-refractivity contribution in [2.75, 3.05) is 0 Å². The highest BCUT2D eigenvalue weighted by atomic mass is 35.6. The second-order valence-corrected chi connectivity index (χ2v) is 16.8. The maximum atomic E-state index is 6.22. The van der Waals surface area contributed by atoms with Crippen LogP contribution in [0.4, 0.5) is 0 Å². The lowest BCUT2D eigenvalue weighted by Gasteiger charge is -2.17. The van der Waals surface area contributed by atoms with E-state index in [1.165, 1.54) is 5.20 Å². The van der Waals surface area contributed by atoms with Crippen LogP contribution in [0.3, 0.4) is 0 Å². The third-order valence-electron chi connectivity index (χ3n) is 1.50. The molecule has 0 heterocycles. The molecule has 0 rings (SSSR count). The van der Waals surface area contributed by atoms with E-state index in [4.69, 9.17) is 22.2 Å². The van der Waals surface area contributed by atoms with Gasteiger partial charge in [-0.3, -0.25) is 0 Å². The van der Waals surface area contributed by atoms with Crippen molar-refractivity contribution in [1.82, 2.24) is 0 Å². The SMILES string of the molecule is CC(=C[Si](C)(C)Cl)[Si](C)(C)Cl. The average Bonchev–Trinajstić information content (AvgIpc) is 1.56. The van der Waals surface area contributed by atoms with Crippen LogP contribution in [0.1, 0.15) is 6.92 Å². The largest absolute Gasteiger partial charge is 0.175 e. The second kappa shape index (κ2) is 3.64. The molecule has 4 heteroatoms. The highest BCUT2D eigenvalue weighted by Crippen LogP contribution is 2.22. The van der Waals surface area contributed by atoms with Gasteiger partial charge < -0.3 is 0 Å². The summed E-state index contributed by atoms with van der Waals surface area (Å²) in [5.74, 6) is 0. The first kappa shape index (κ1) is 11.8. The molecule has 0 aromatic rings. The summed E-state index contributed by atoms with van der Waals surface area (Å²) in [6.45, 7) is 10.6. The lowest BCUT2D eigenvalue weighted by atomic mass is 10.7. The standard InChI is InChI=1S/C7H16Cl2Si2/c1-7(11(4,5)9)6-10(2,3)8/h6H,1-5H3. The summed E-state index contributed by atoms with van der Waals surface area (Å²) in [7, 11) is -3.16. The molecule has 0 fully saturated rings. The highest BCUT2D eigenvalue weighted by molar-refractivity contribution is 7.26. The molecule has 0 amide bonds. The molecule has 0 nitrogen and oxygen atoms in total. The predicted molar refractivity (Wildman–Crippen MR) is 60.4 cm³/mol. The molecule has 0 N–H and O–H groups in total. The van der Waals surface area contributed by atoms with E-state index in [2.05, 4.69) is 38.8 Å². The smallest absolute Gasteiger partial charge is 0.162 e. The van der Waals surface area contributed by atoms with Crippen molar-refractivity contribution in [2.24, 2.45) is 0 Å². The molecule has 0 bridgehead atoms. The lowest BCUT2D eigenvalue weighted by molar-refractivity contribution is 1.59. The number of rotatable bonds is 2. The van der Waals surface area contributed by atoms with Gasteiger partial charge in [0.1, 0.15) is 0 Å². The summed E-state index contributed by atoms with van der Waals surface area (Å²) in [6, 6.07) is 0. The molecule has 0 atom stereocenters. The van der Waals surface area contributed by atoms with E-state index in [0.717, 1.165) is 0 Å². The van der Waals surface area contributed by atoms with E-state index in [-0.39, 0.29) is 0 Å². The van der Waals surface area contributed by atoms with Gasteiger partial charge in [0.05, 0.1) is 0 Å². The van der Waals surface area contributed by atoms with Crippen LogP contribution in [0.5, 0.6) is 0 Å². The molecule has 0 saturated heterocycles. The maximum Gasteiger partial charge on any atom is 0.175 e. The number of hydrogen-bond acceptors (Lipinski definition) is 0. The van der Waals surface area contributed by atoms with Gasteiger partial charge in [-0.1, -0.05) is 37.1 Å². The molecule has 0 radical (unpaired) electrons. The number of hydrogen-bond donors (Lipinski definition) is 0. The van der Waals surface area contributed by atoms with Crippen molar-refractivity contribution in [3.8, 4) is 0 Å². The normalized spacial score (nSPS) is 15.4. The Morgan fingerprint density at radius 2 is 1.45 bits per heavy atom. The van der Waals surface area contributed by atoms with E-state index in [1.54, 1.807) is 0 Å². The molecule has 0 spiro atoms. The Balaban J connectivity index is 4.49. The Hall–Kier alpha value is 0.754. The van der Waals surface area contributed by atoms with E-state index in [1.807, 2.05) is 0 Å². The van der Waals surface area contributed by atoms with Crippen molar-refractivity contribution in [3.63, 3.8) is 0 Å². The summed E-state index contributed by atoms with van der Waals surface area (Å²) in [6.07, 6.45) is 0. The fourth-order valence-electron chi connectivity index (χ4n) is 0.686. The zero-order valence-corrected chi connectivity index (χ0v) is 11.3. The Bertz CT molecular complexity index is 162. The summed E-state index contributed by atoms with van der Waals surface area (Å²) in [4.78, 5) is 0. The monoisotopic (exact) mass is 226 g/mol. The maximum absolute atomic E-state index is 6.22. The second-order valence-electron chi connectivity index (χ2n) is 3.86. The third kappa shape index (κ3) is 5.96. The number of halogens is 2. The van der Waals surface area contributed by atoms with Crippen molar-refractivity contribution in [1.29, 1.82) is 0 Å². The van der Waals surface area contributed by atoms with Crippen LogP contribution < -0.4 is 0 Å². The van der Waals surface area contributed by atoms with Gasteiger partial charge in [-0.15, -0.1) is 0 Å². The van der Waals surface area contributed by atoms with E-state index >= 15 is 0 Å². The van der Waals surface area contributed by atoms with E-state index in [0.29, 0.717) is 0 Å². The first-order valence-electron chi connectivity index (χ1n) is 3.71. The predicted octanol–water partition coefficient (Wildman–Crippen LogP) is 3.90. The molecule has 0 aromatic carbocycles. The molecule has 0 aliphatic carbocycles. The van der Waals surface area contributed by atoms with Crippen molar-refractivity contribution in [2.45, 2.75) is 33.1 Å². The van der Waals surface area contributed by atoms with Gasteiger partial charge in [0, 0.05) is 0 Å². The third-order valence-corrected chi connectivity index (χ3v) is 6.15. The van der Waals surface area contributed by atoms with Gasteiger partial charge >= 0.3 is 0 Å². The fraction of sp³-hybridized carbons (Fsp3) is 0.714. The summed E-state index contributed by atoms with van der Waals surface area (Å²) >= 11 is 12.4. The van der Waals surface area contributed by atoms with Crippen LogP contribution in [0.2, 0.25) is 26.2 Å². The van der Waals surface area contributed by atoms with Gasteiger partial charge in [0.2, 0.25) is 0 Å². The molecule has 0 aromatic heterocycles. The molecular weight excluding hydrogens is 211 g/mol. The molecule has 0 unspecified atom stereocenters. The van der Waals surface area contributed by atoms with Crippen LogP contribution in [0.25, 0.3) is 0 Å². The average molecular weight is 227 g/mol. The topological polar surface area (TPSA) is 0 Å². The van der Waals surface area contributed by atoms with Crippen LogP contribution >= 0.6 is 22.2 Å². The van der Waals surface area contributed by atoms with Gasteiger partial charge in [-0.25, -0.2) is 0 Å². The Morgan fingerprint density at radius 1 is 1.09 bits per heavy atom. The van der Waals surface area contributed by atoms with Gasteiger partial charge in [-0.05, 0) is 6.92 Å². The Labute approximate surface area is 81.0 Å². The van der Waals surface area contributed by atoms with Gasteiger partial charge in [-0.2, -0.15) is 22.2 Å². The van der Waals surface area contributed by atoms with Gasteiger partial charge in [0.15, 0.2) is 14.8 Å². The molecule has 66 valence electrons. The van der Waals surface area contributed by atoms with Crippen molar-refractivity contribution >= 4 is 36.9 Å². The summed E-state index contributed by atoms with van der Waals surface area (Å²) < 4.78 is 0. The molecule has 0 aliphatic heterocycles. The van der Waals surface area contributed by atoms with Gasteiger partial charge in [0.25, 0.3) is 0 Å². The van der Waals surface area contributed by atoms with Crippen molar-refractivity contribution < 1.29 is 0 Å². The first-order valence-corrected chi connectivity index (χ1v) is 11.8. The fourth-order valence-corrected chi connectivity index (χ4v) is 5.43. The number of allylic oxidation sites excluding steroid dienone is 1. The quantitative estimate of drug-likeness (QED) is 0.496. The minimum Gasteiger partial charge on any atom is -0.162 e. The molecular formula is C7H16Cl2Si2. The highest BCUT2D eigenvalue weighted by Gasteiger charge is 2.23. The molecule has 11 heavy (non-hydrogen) atoms. The summed E-state index contributed by atoms with van der Waals surface area (Å²) in [5.41, 5.74) is 2.19. The zero-order valence-electron chi connectivity index (χ0n) is 7.83. The zero-order chi connectivity index (χ0) is 9.28.